The summed E-state index contributed by atoms with van der Waals surface area (Å²) < 4.78 is 0. The van der Waals surface area contributed by atoms with Crippen LogP contribution in [0.3, 0.4) is 0 Å². The van der Waals surface area contributed by atoms with Crippen LogP contribution in [-0.4, -0.2) is 38.1 Å². The van der Waals surface area contributed by atoms with Crippen LogP contribution in [0, 0.1) is 5.92 Å². The van der Waals surface area contributed by atoms with Crippen molar-refractivity contribution in [1.29, 1.82) is 0 Å². The van der Waals surface area contributed by atoms with Crippen molar-refractivity contribution in [3.05, 3.63) is 0 Å². The first-order valence-electron chi connectivity index (χ1n) is 7.08. The van der Waals surface area contributed by atoms with E-state index in [0.717, 1.165) is 38.5 Å². The van der Waals surface area contributed by atoms with Crippen LogP contribution in [0.25, 0.3) is 0 Å². The third-order valence-electron chi connectivity index (χ3n) is 3.93. The van der Waals surface area contributed by atoms with Crippen molar-refractivity contribution in [2.75, 3.05) is 26.2 Å². The fourth-order valence-corrected chi connectivity index (χ4v) is 2.84. The minimum atomic E-state index is -0.0323. The van der Waals surface area contributed by atoms with Gasteiger partial charge in [-0.2, -0.15) is 0 Å². The third kappa shape index (κ3) is 4.28. The van der Waals surface area contributed by atoms with Crippen LogP contribution in [0.15, 0.2) is 0 Å². The molecule has 2 rings (SSSR count). The molecule has 1 aliphatic carbocycles. The van der Waals surface area contributed by atoms with Gasteiger partial charge >= 0.3 is 0 Å². The van der Waals surface area contributed by atoms with Gasteiger partial charge < -0.3 is 16.0 Å². The van der Waals surface area contributed by atoms with E-state index in [1.807, 2.05) is 0 Å². The lowest BCUT2D eigenvalue weighted by Gasteiger charge is -2.25. The lowest BCUT2D eigenvalue weighted by atomic mass is 9.87. The molecule has 1 atom stereocenters. The molecule has 1 saturated heterocycles. The molecule has 1 unspecified atom stereocenters. The Balaban J connectivity index is 1.58. The van der Waals surface area contributed by atoms with E-state index < -0.39 is 0 Å². The highest BCUT2D eigenvalue weighted by Gasteiger charge is 2.20. The minimum Gasteiger partial charge on any atom is -0.355 e. The second kappa shape index (κ2) is 6.97. The molecule has 4 nitrogen and oxygen atoms in total. The molecule has 3 N–H and O–H groups in total. The van der Waals surface area contributed by atoms with Crippen molar-refractivity contribution < 1.29 is 4.79 Å². The van der Waals surface area contributed by atoms with Crippen LogP contribution >= 0.6 is 0 Å². The van der Waals surface area contributed by atoms with Gasteiger partial charge in [-0.05, 0) is 12.3 Å². The number of nitrogens with one attached hydrogen (secondary N) is 3. The summed E-state index contributed by atoms with van der Waals surface area (Å²) in [6, 6.07) is -0.0323. The van der Waals surface area contributed by atoms with E-state index in [1.54, 1.807) is 0 Å². The third-order valence-corrected chi connectivity index (χ3v) is 3.93. The summed E-state index contributed by atoms with van der Waals surface area (Å²) in [7, 11) is 0. The highest BCUT2D eigenvalue weighted by molar-refractivity contribution is 5.82. The normalized spacial score (nSPS) is 26.7. The topological polar surface area (TPSA) is 53.2 Å². The fourth-order valence-electron chi connectivity index (χ4n) is 2.84. The van der Waals surface area contributed by atoms with Crippen molar-refractivity contribution in [2.45, 2.75) is 44.6 Å². The van der Waals surface area contributed by atoms with E-state index in [1.165, 1.54) is 32.1 Å². The number of piperazine rings is 1. The largest absolute Gasteiger partial charge is 0.355 e. The quantitative estimate of drug-likeness (QED) is 0.674. The lowest BCUT2D eigenvalue weighted by Crippen LogP contribution is -2.55. The molecule has 0 spiro atoms. The van der Waals surface area contributed by atoms with Gasteiger partial charge in [-0.25, -0.2) is 0 Å². The Kier molecular flexibility index (Phi) is 5.26. The Labute approximate surface area is 104 Å². The van der Waals surface area contributed by atoms with Crippen molar-refractivity contribution in [3.8, 4) is 0 Å². The van der Waals surface area contributed by atoms with Crippen LogP contribution in [0.4, 0.5) is 0 Å². The smallest absolute Gasteiger partial charge is 0.238 e. The number of hydrogen-bond acceptors (Lipinski definition) is 3. The first-order chi connectivity index (χ1) is 8.36. The van der Waals surface area contributed by atoms with Crippen LogP contribution in [0.5, 0.6) is 0 Å². The Morgan fingerprint density at radius 2 is 2.00 bits per heavy atom. The summed E-state index contributed by atoms with van der Waals surface area (Å²) in [4.78, 5) is 11.8. The standard InChI is InChI=1S/C13H25N3O/c17-13(12-10-14-8-9-15-12)16-7-6-11-4-2-1-3-5-11/h11-12,14-15H,1-10H2,(H,16,17). The lowest BCUT2D eigenvalue weighted by molar-refractivity contribution is -0.123. The van der Waals surface area contributed by atoms with Gasteiger partial charge in [-0.3, -0.25) is 4.79 Å². The number of hydrogen-bond donors (Lipinski definition) is 3. The predicted octanol–water partition coefficient (Wildman–Crippen LogP) is 0.634. The predicted molar refractivity (Wildman–Crippen MR) is 68.9 cm³/mol. The van der Waals surface area contributed by atoms with Crippen LogP contribution in [-0.2, 0) is 4.79 Å². The summed E-state index contributed by atoms with van der Waals surface area (Å²) in [6.07, 6.45) is 8.05. The summed E-state index contributed by atoms with van der Waals surface area (Å²) in [5.41, 5.74) is 0. The highest BCUT2D eigenvalue weighted by Crippen LogP contribution is 2.25. The van der Waals surface area contributed by atoms with Crippen LogP contribution in [0.2, 0.25) is 0 Å². The average molecular weight is 239 g/mol. The van der Waals surface area contributed by atoms with E-state index in [0.29, 0.717) is 0 Å². The zero-order valence-corrected chi connectivity index (χ0v) is 10.6. The minimum absolute atomic E-state index is 0.0323. The van der Waals surface area contributed by atoms with Crippen LogP contribution < -0.4 is 16.0 Å². The first-order valence-corrected chi connectivity index (χ1v) is 7.08. The molecule has 1 amide bonds. The van der Waals surface area contributed by atoms with Crippen molar-refractivity contribution in [3.63, 3.8) is 0 Å². The molecule has 1 saturated carbocycles. The summed E-state index contributed by atoms with van der Waals surface area (Å²) in [5.74, 6) is 1.01. The zero-order valence-electron chi connectivity index (χ0n) is 10.6. The zero-order chi connectivity index (χ0) is 11.9. The van der Waals surface area contributed by atoms with E-state index in [-0.39, 0.29) is 11.9 Å². The molecule has 2 fully saturated rings. The molecule has 1 heterocycles. The summed E-state index contributed by atoms with van der Waals surface area (Å²) in [6.45, 7) is 3.46. The Morgan fingerprint density at radius 1 is 1.18 bits per heavy atom. The molecular weight excluding hydrogens is 214 g/mol. The summed E-state index contributed by atoms with van der Waals surface area (Å²) in [5, 5.41) is 9.52. The average Bonchev–Trinajstić information content (AvgIpc) is 2.41. The SMILES string of the molecule is O=C(NCCC1CCCCC1)C1CNCCN1. The van der Waals surface area contributed by atoms with Gasteiger partial charge in [0.2, 0.25) is 5.91 Å². The highest BCUT2D eigenvalue weighted by atomic mass is 16.2. The van der Waals surface area contributed by atoms with Gasteiger partial charge in [0, 0.05) is 26.2 Å². The maximum atomic E-state index is 11.8. The van der Waals surface area contributed by atoms with Crippen molar-refractivity contribution in [2.24, 2.45) is 5.92 Å². The number of carbonyl (C=O) groups excluding carboxylic acids is 1. The monoisotopic (exact) mass is 239 g/mol. The second-order valence-electron chi connectivity index (χ2n) is 5.29. The molecule has 0 radical (unpaired) electrons. The second-order valence-corrected chi connectivity index (χ2v) is 5.29. The molecule has 4 heteroatoms. The van der Waals surface area contributed by atoms with Gasteiger partial charge in [0.1, 0.15) is 0 Å². The fraction of sp³-hybridized carbons (Fsp3) is 0.923. The molecule has 98 valence electrons. The molecule has 1 aliphatic heterocycles. The molecule has 0 aromatic carbocycles. The molecule has 0 aromatic heterocycles. The molecule has 2 aliphatic rings. The molecule has 17 heavy (non-hydrogen) atoms. The van der Waals surface area contributed by atoms with Crippen LogP contribution in [0.1, 0.15) is 38.5 Å². The van der Waals surface area contributed by atoms with Crippen molar-refractivity contribution in [1.82, 2.24) is 16.0 Å². The van der Waals surface area contributed by atoms with E-state index in [4.69, 9.17) is 0 Å². The number of rotatable bonds is 4. The van der Waals surface area contributed by atoms with Gasteiger partial charge in [0.05, 0.1) is 6.04 Å². The molecule has 0 bridgehead atoms. The van der Waals surface area contributed by atoms with E-state index in [9.17, 15) is 4.79 Å². The Morgan fingerprint density at radius 3 is 2.71 bits per heavy atom. The Hall–Kier alpha value is -0.610. The Bertz CT molecular complexity index is 233. The summed E-state index contributed by atoms with van der Waals surface area (Å²) >= 11 is 0. The maximum Gasteiger partial charge on any atom is 0.238 e. The number of carbonyl (C=O) groups is 1. The van der Waals surface area contributed by atoms with Gasteiger partial charge in [-0.15, -0.1) is 0 Å². The van der Waals surface area contributed by atoms with Gasteiger partial charge in [0.15, 0.2) is 0 Å². The van der Waals surface area contributed by atoms with E-state index >= 15 is 0 Å². The first kappa shape index (κ1) is 12.8. The number of amides is 1. The molecule has 0 aromatic rings. The van der Waals surface area contributed by atoms with Gasteiger partial charge in [0.25, 0.3) is 0 Å². The molecular formula is C13H25N3O. The van der Waals surface area contributed by atoms with Gasteiger partial charge in [-0.1, -0.05) is 32.1 Å². The van der Waals surface area contributed by atoms with Crippen molar-refractivity contribution >= 4 is 5.91 Å². The van der Waals surface area contributed by atoms with E-state index in [2.05, 4.69) is 16.0 Å². The maximum absolute atomic E-state index is 11.8.